The lowest BCUT2D eigenvalue weighted by atomic mass is 10.0. The van der Waals surface area contributed by atoms with E-state index >= 15 is 0 Å². The quantitative estimate of drug-likeness (QED) is 0.756. The molecule has 1 aromatic carbocycles. The fourth-order valence-corrected chi connectivity index (χ4v) is 2.29. The van der Waals surface area contributed by atoms with E-state index in [4.69, 9.17) is 9.84 Å². The van der Waals surface area contributed by atoms with Crippen LogP contribution in [0.25, 0.3) is 0 Å². The largest absolute Gasteiger partial charge is 0.495 e. The van der Waals surface area contributed by atoms with E-state index in [9.17, 15) is 9.59 Å². The highest BCUT2D eigenvalue weighted by atomic mass is 16.5. The zero-order chi connectivity index (χ0) is 14.5. The number of carboxylic acids is 1. The smallest absolute Gasteiger partial charge is 0.335 e. The molecule has 108 valence electrons. The van der Waals surface area contributed by atoms with Gasteiger partial charge in [0.05, 0.1) is 18.4 Å². The first-order chi connectivity index (χ1) is 9.60. The second-order valence-corrected chi connectivity index (χ2v) is 4.83. The highest BCUT2D eigenvalue weighted by Crippen LogP contribution is 2.26. The van der Waals surface area contributed by atoms with Crippen LogP contribution in [0.3, 0.4) is 0 Å². The van der Waals surface area contributed by atoms with Crippen LogP contribution < -0.4 is 15.4 Å². The SMILES string of the molecule is COc1ccc(C(=O)O)cc1NC(=O)CC1CCNC1. The number of hydrogen-bond donors (Lipinski definition) is 3. The van der Waals surface area contributed by atoms with Gasteiger partial charge in [-0.2, -0.15) is 0 Å². The molecule has 0 aliphatic carbocycles. The molecular weight excluding hydrogens is 260 g/mol. The molecule has 6 nitrogen and oxygen atoms in total. The minimum absolute atomic E-state index is 0.114. The van der Waals surface area contributed by atoms with Crippen LogP contribution in [0.5, 0.6) is 5.75 Å². The number of amides is 1. The van der Waals surface area contributed by atoms with Crippen LogP contribution in [0.4, 0.5) is 5.69 Å². The molecule has 0 aromatic heterocycles. The summed E-state index contributed by atoms with van der Waals surface area (Å²) in [5.74, 6) is -0.376. The Labute approximate surface area is 117 Å². The molecule has 20 heavy (non-hydrogen) atoms. The molecule has 6 heteroatoms. The van der Waals surface area contributed by atoms with E-state index in [-0.39, 0.29) is 11.5 Å². The molecule has 1 aliphatic rings. The third kappa shape index (κ3) is 3.48. The average molecular weight is 278 g/mol. The molecule has 0 spiro atoms. The second kappa shape index (κ2) is 6.38. The van der Waals surface area contributed by atoms with Gasteiger partial charge in [-0.1, -0.05) is 0 Å². The Kier molecular flexibility index (Phi) is 4.57. The van der Waals surface area contributed by atoms with Crippen LogP contribution in [-0.2, 0) is 4.79 Å². The Bertz CT molecular complexity index is 510. The van der Waals surface area contributed by atoms with Crippen molar-refractivity contribution in [1.29, 1.82) is 0 Å². The fourth-order valence-electron chi connectivity index (χ4n) is 2.29. The van der Waals surface area contributed by atoms with Gasteiger partial charge in [0.15, 0.2) is 0 Å². The average Bonchev–Trinajstić information content (AvgIpc) is 2.91. The fraction of sp³-hybridized carbons (Fsp3) is 0.429. The van der Waals surface area contributed by atoms with Crippen molar-refractivity contribution in [1.82, 2.24) is 5.32 Å². The van der Waals surface area contributed by atoms with Crippen LogP contribution in [0.1, 0.15) is 23.2 Å². The molecule has 1 atom stereocenters. The summed E-state index contributed by atoms with van der Waals surface area (Å²) in [6.45, 7) is 1.79. The van der Waals surface area contributed by atoms with E-state index < -0.39 is 5.97 Å². The zero-order valence-electron chi connectivity index (χ0n) is 11.3. The lowest BCUT2D eigenvalue weighted by molar-refractivity contribution is -0.117. The normalized spacial score (nSPS) is 17.8. The van der Waals surface area contributed by atoms with Gasteiger partial charge >= 0.3 is 5.97 Å². The lowest BCUT2D eigenvalue weighted by Crippen LogP contribution is -2.19. The maximum absolute atomic E-state index is 12.0. The summed E-state index contributed by atoms with van der Waals surface area (Å²) >= 11 is 0. The van der Waals surface area contributed by atoms with Gasteiger partial charge in [-0.3, -0.25) is 4.79 Å². The van der Waals surface area contributed by atoms with E-state index in [1.165, 1.54) is 25.3 Å². The minimum atomic E-state index is -1.04. The number of anilines is 1. The summed E-state index contributed by atoms with van der Waals surface area (Å²) in [7, 11) is 1.48. The van der Waals surface area contributed by atoms with Crippen molar-refractivity contribution in [2.75, 3.05) is 25.5 Å². The first-order valence-electron chi connectivity index (χ1n) is 6.52. The molecule has 1 saturated heterocycles. The number of carbonyl (C=O) groups is 2. The topological polar surface area (TPSA) is 87.7 Å². The van der Waals surface area contributed by atoms with E-state index in [0.717, 1.165) is 19.5 Å². The highest BCUT2D eigenvalue weighted by Gasteiger charge is 2.19. The third-order valence-electron chi connectivity index (χ3n) is 3.36. The summed E-state index contributed by atoms with van der Waals surface area (Å²) in [5, 5.41) is 14.9. The van der Waals surface area contributed by atoms with Gasteiger partial charge in [0, 0.05) is 6.42 Å². The van der Waals surface area contributed by atoms with Crippen molar-refractivity contribution in [3.05, 3.63) is 23.8 Å². The number of hydrogen-bond acceptors (Lipinski definition) is 4. The molecule has 1 amide bonds. The second-order valence-electron chi connectivity index (χ2n) is 4.83. The van der Waals surface area contributed by atoms with Crippen molar-refractivity contribution in [3.63, 3.8) is 0 Å². The lowest BCUT2D eigenvalue weighted by Gasteiger charge is -2.12. The van der Waals surface area contributed by atoms with Crippen LogP contribution >= 0.6 is 0 Å². The molecule has 0 saturated carbocycles. The van der Waals surface area contributed by atoms with Crippen LogP contribution in [0.15, 0.2) is 18.2 Å². The molecule has 1 fully saturated rings. The molecule has 1 heterocycles. The first-order valence-corrected chi connectivity index (χ1v) is 6.52. The molecule has 1 aromatic rings. The van der Waals surface area contributed by atoms with Gasteiger partial charge in [-0.15, -0.1) is 0 Å². The number of carbonyl (C=O) groups excluding carboxylic acids is 1. The number of aromatic carboxylic acids is 1. The Morgan fingerprint density at radius 2 is 2.30 bits per heavy atom. The van der Waals surface area contributed by atoms with Crippen LogP contribution in [-0.4, -0.2) is 37.2 Å². The van der Waals surface area contributed by atoms with Crippen molar-refractivity contribution in [2.45, 2.75) is 12.8 Å². The zero-order valence-corrected chi connectivity index (χ0v) is 11.3. The van der Waals surface area contributed by atoms with Gasteiger partial charge in [0.25, 0.3) is 0 Å². The van der Waals surface area contributed by atoms with E-state index in [1.54, 1.807) is 0 Å². The number of methoxy groups -OCH3 is 1. The Morgan fingerprint density at radius 1 is 1.50 bits per heavy atom. The predicted octanol–water partition coefficient (Wildman–Crippen LogP) is 1.33. The number of benzene rings is 1. The molecule has 2 rings (SSSR count). The number of rotatable bonds is 5. The molecule has 0 radical (unpaired) electrons. The Morgan fingerprint density at radius 3 is 2.90 bits per heavy atom. The third-order valence-corrected chi connectivity index (χ3v) is 3.36. The van der Waals surface area contributed by atoms with Gasteiger partial charge in [0.1, 0.15) is 5.75 Å². The number of carboxylic acid groups (broad SMARTS) is 1. The van der Waals surface area contributed by atoms with Crippen LogP contribution in [0, 0.1) is 5.92 Å². The summed E-state index contributed by atoms with van der Waals surface area (Å²) in [5.41, 5.74) is 0.506. The van der Waals surface area contributed by atoms with Gasteiger partial charge < -0.3 is 20.5 Å². The van der Waals surface area contributed by atoms with E-state index in [2.05, 4.69) is 10.6 Å². The first kappa shape index (κ1) is 14.3. The van der Waals surface area contributed by atoms with Gasteiger partial charge in [0.2, 0.25) is 5.91 Å². The maximum atomic E-state index is 12.0. The van der Waals surface area contributed by atoms with Gasteiger partial charge in [-0.05, 0) is 43.6 Å². The highest BCUT2D eigenvalue weighted by molar-refractivity contribution is 5.95. The summed E-state index contributed by atoms with van der Waals surface area (Å²) in [6, 6.07) is 4.39. The van der Waals surface area contributed by atoms with E-state index in [0.29, 0.717) is 23.8 Å². The van der Waals surface area contributed by atoms with Crippen molar-refractivity contribution >= 4 is 17.6 Å². The van der Waals surface area contributed by atoms with Gasteiger partial charge in [-0.25, -0.2) is 4.79 Å². The standard InChI is InChI=1S/C14H18N2O4/c1-20-12-3-2-10(14(18)19)7-11(12)16-13(17)6-9-4-5-15-8-9/h2-3,7,9,15H,4-6,8H2,1H3,(H,16,17)(H,18,19). The molecule has 1 unspecified atom stereocenters. The Balaban J connectivity index is 2.07. The summed E-state index contributed by atoms with van der Waals surface area (Å²) < 4.78 is 5.13. The van der Waals surface area contributed by atoms with Crippen LogP contribution in [0.2, 0.25) is 0 Å². The summed E-state index contributed by atoms with van der Waals surface area (Å²) in [6.07, 6.45) is 1.41. The minimum Gasteiger partial charge on any atom is -0.495 e. The number of nitrogens with one attached hydrogen (secondary N) is 2. The summed E-state index contributed by atoms with van der Waals surface area (Å²) in [4.78, 5) is 22.9. The monoisotopic (exact) mass is 278 g/mol. The van der Waals surface area contributed by atoms with E-state index in [1.807, 2.05) is 0 Å². The molecular formula is C14H18N2O4. The molecule has 3 N–H and O–H groups in total. The van der Waals surface area contributed by atoms with Crippen molar-refractivity contribution < 1.29 is 19.4 Å². The predicted molar refractivity (Wildman–Crippen MR) is 74.2 cm³/mol. The van der Waals surface area contributed by atoms with Crippen molar-refractivity contribution in [3.8, 4) is 5.75 Å². The molecule has 1 aliphatic heterocycles. The van der Waals surface area contributed by atoms with Crippen molar-refractivity contribution in [2.24, 2.45) is 5.92 Å². The maximum Gasteiger partial charge on any atom is 0.335 e. The Hall–Kier alpha value is -2.08. The number of ether oxygens (including phenoxy) is 1. The molecule has 0 bridgehead atoms.